The molecule has 0 aliphatic rings. The summed E-state index contributed by atoms with van der Waals surface area (Å²) in [6.07, 6.45) is 1.84. The largest absolute Gasteiger partial charge is 0.465 e. The van der Waals surface area contributed by atoms with Crippen molar-refractivity contribution < 1.29 is 14.0 Å². The van der Waals surface area contributed by atoms with Gasteiger partial charge in [-0.1, -0.05) is 20.8 Å². The molecule has 5 heteroatoms. The maximum absolute atomic E-state index is 11.6. The van der Waals surface area contributed by atoms with E-state index in [2.05, 4.69) is 38.8 Å². The highest BCUT2D eigenvalue weighted by Crippen LogP contribution is 2.37. The summed E-state index contributed by atoms with van der Waals surface area (Å²) in [6, 6.07) is 7.40. The predicted octanol–water partition coefficient (Wildman–Crippen LogP) is 4.54. The molecule has 0 unspecified atom stereocenters. The summed E-state index contributed by atoms with van der Waals surface area (Å²) < 4.78 is 11.0. The molecule has 1 aromatic heterocycles. The Bertz CT molecular complexity index is 720. The fraction of sp³-hybridized carbons (Fsp3) is 0.444. The smallest absolute Gasteiger partial charge is 0.337 e. The van der Waals surface area contributed by atoms with Gasteiger partial charge in [0.1, 0.15) is 0 Å². The van der Waals surface area contributed by atoms with Gasteiger partial charge in [0.2, 0.25) is 0 Å². The lowest BCUT2D eigenvalue weighted by atomic mass is 10.1. The number of ether oxygens (including phenoxy) is 1. The van der Waals surface area contributed by atoms with E-state index in [-0.39, 0.29) is 11.0 Å². The van der Waals surface area contributed by atoms with Gasteiger partial charge in [0.25, 0.3) is 0 Å². The lowest BCUT2D eigenvalue weighted by Gasteiger charge is -2.36. The van der Waals surface area contributed by atoms with Crippen molar-refractivity contribution in [3.8, 4) is 0 Å². The number of hydrogen-bond donors (Lipinski definition) is 0. The van der Waals surface area contributed by atoms with E-state index in [1.165, 1.54) is 7.11 Å². The molecule has 0 fully saturated rings. The summed E-state index contributed by atoms with van der Waals surface area (Å²) in [5, 5.41) is 1.10. The molecule has 0 amide bonds. The Hall–Kier alpha value is -1.72. The van der Waals surface area contributed by atoms with Crippen molar-refractivity contribution in [2.45, 2.75) is 45.5 Å². The second-order valence-electron chi connectivity index (χ2n) is 7.29. The van der Waals surface area contributed by atoms with Gasteiger partial charge in [-0.15, -0.1) is 0 Å². The lowest BCUT2D eigenvalue weighted by molar-refractivity contribution is 0.0601. The van der Waals surface area contributed by atoms with Crippen LogP contribution in [0.2, 0.25) is 18.1 Å². The zero-order chi connectivity index (χ0) is 17.3. The fourth-order valence-corrected chi connectivity index (χ4v) is 2.94. The van der Waals surface area contributed by atoms with Crippen LogP contribution in [0.1, 0.15) is 36.7 Å². The molecule has 0 spiro atoms. The zero-order valence-corrected chi connectivity index (χ0v) is 15.8. The normalized spacial score (nSPS) is 12.4. The van der Waals surface area contributed by atoms with E-state index in [4.69, 9.17) is 9.16 Å². The van der Waals surface area contributed by atoms with Crippen molar-refractivity contribution in [1.29, 1.82) is 0 Å². The minimum atomic E-state index is -1.79. The number of carbonyl (C=O) groups excluding carboxylic acids is 1. The van der Waals surface area contributed by atoms with E-state index in [0.717, 1.165) is 16.5 Å². The quantitative estimate of drug-likeness (QED) is 0.609. The average Bonchev–Trinajstić information content (AvgIpc) is 2.50. The zero-order valence-electron chi connectivity index (χ0n) is 14.8. The van der Waals surface area contributed by atoms with Gasteiger partial charge >= 0.3 is 5.97 Å². The summed E-state index contributed by atoms with van der Waals surface area (Å²) >= 11 is 0. The van der Waals surface area contributed by atoms with Crippen LogP contribution in [0.5, 0.6) is 0 Å². The topological polar surface area (TPSA) is 48.4 Å². The minimum Gasteiger partial charge on any atom is -0.465 e. The summed E-state index contributed by atoms with van der Waals surface area (Å²) in [7, 11) is -0.408. The van der Waals surface area contributed by atoms with Gasteiger partial charge in [0, 0.05) is 11.6 Å². The molecule has 2 aromatic rings. The van der Waals surface area contributed by atoms with Gasteiger partial charge in [-0.2, -0.15) is 0 Å². The van der Waals surface area contributed by atoms with E-state index in [0.29, 0.717) is 12.2 Å². The molecular weight excluding hydrogens is 306 g/mol. The van der Waals surface area contributed by atoms with Crippen LogP contribution in [-0.4, -0.2) is 26.4 Å². The molecule has 0 bridgehead atoms. The molecule has 124 valence electrons. The van der Waals surface area contributed by atoms with Gasteiger partial charge in [-0.25, -0.2) is 4.79 Å². The third-order valence-electron chi connectivity index (χ3n) is 4.56. The van der Waals surface area contributed by atoms with Crippen molar-refractivity contribution >= 4 is 25.2 Å². The molecular formula is C18H25NO3Si. The first kappa shape index (κ1) is 17.6. The first-order valence-corrected chi connectivity index (χ1v) is 10.7. The van der Waals surface area contributed by atoms with E-state index in [9.17, 15) is 4.79 Å². The van der Waals surface area contributed by atoms with Gasteiger partial charge in [0.05, 0.1) is 24.8 Å². The molecule has 0 aliphatic heterocycles. The Labute approximate surface area is 139 Å². The molecule has 1 aromatic carbocycles. The van der Waals surface area contributed by atoms with Crippen molar-refractivity contribution in [2.75, 3.05) is 7.11 Å². The third-order valence-corrected chi connectivity index (χ3v) is 9.04. The summed E-state index contributed by atoms with van der Waals surface area (Å²) in [5.74, 6) is -0.338. The predicted molar refractivity (Wildman–Crippen MR) is 95.1 cm³/mol. The number of nitrogens with zero attached hydrogens (tertiary/aromatic N) is 1. The standard InChI is InChI=1S/C18H25NO3Si/c1-18(2,3)23(5,6)22-12-13-9-15-10-14(17(20)21-4)7-8-16(15)19-11-13/h7-11H,12H2,1-6H3. The van der Waals surface area contributed by atoms with Crippen molar-refractivity contribution in [3.63, 3.8) is 0 Å². The van der Waals surface area contributed by atoms with E-state index < -0.39 is 8.32 Å². The highest BCUT2D eigenvalue weighted by Gasteiger charge is 2.37. The van der Waals surface area contributed by atoms with Crippen LogP contribution < -0.4 is 0 Å². The molecule has 0 aliphatic carbocycles. The van der Waals surface area contributed by atoms with Gasteiger partial charge < -0.3 is 9.16 Å². The maximum atomic E-state index is 11.6. The van der Waals surface area contributed by atoms with Crippen LogP contribution in [0.15, 0.2) is 30.5 Å². The highest BCUT2D eigenvalue weighted by molar-refractivity contribution is 6.74. The fourth-order valence-electron chi connectivity index (χ4n) is 1.98. The monoisotopic (exact) mass is 331 g/mol. The minimum absolute atomic E-state index is 0.176. The Balaban J connectivity index is 2.24. The summed E-state index contributed by atoms with van der Waals surface area (Å²) in [5.41, 5.74) is 2.40. The van der Waals surface area contributed by atoms with Crippen LogP contribution in [0.4, 0.5) is 0 Å². The number of benzene rings is 1. The number of pyridine rings is 1. The number of carbonyl (C=O) groups is 1. The Kier molecular flexibility index (Phi) is 4.92. The number of rotatable bonds is 4. The van der Waals surface area contributed by atoms with Crippen LogP contribution in [0, 0.1) is 0 Å². The molecule has 4 nitrogen and oxygen atoms in total. The average molecular weight is 331 g/mol. The third kappa shape index (κ3) is 3.98. The lowest BCUT2D eigenvalue weighted by Crippen LogP contribution is -2.40. The second-order valence-corrected chi connectivity index (χ2v) is 12.1. The molecule has 0 N–H and O–H groups in total. The van der Waals surface area contributed by atoms with Crippen LogP contribution in [-0.2, 0) is 15.8 Å². The van der Waals surface area contributed by atoms with Crippen LogP contribution in [0.3, 0.4) is 0 Å². The molecule has 0 radical (unpaired) electrons. The first-order valence-electron chi connectivity index (χ1n) is 7.75. The molecule has 0 atom stereocenters. The maximum Gasteiger partial charge on any atom is 0.337 e. The molecule has 0 saturated carbocycles. The molecule has 0 saturated heterocycles. The van der Waals surface area contributed by atoms with Gasteiger partial charge in [-0.3, -0.25) is 4.98 Å². The summed E-state index contributed by atoms with van der Waals surface area (Å²) in [6.45, 7) is 11.7. The number of aromatic nitrogens is 1. The Morgan fingerprint density at radius 3 is 2.52 bits per heavy atom. The number of methoxy groups -OCH3 is 1. The number of hydrogen-bond acceptors (Lipinski definition) is 4. The van der Waals surface area contributed by atoms with Crippen molar-refractivity contribution in [3.05, 3.63) is 41.6 Å². The van der Waals surface area contributed by atoms with Crippen molar-refractivity contribution in [1.82, 2.24) is 4.98 Å². The molecule has 23 heavy (non-hydrogen) atoms. The van der Waals surface area contributed by atoms with Crippen LogP contribution in [0.25, 0.3) is 10.9 Å². The van der Waals surface area contributed by atoms with Gasteiger partial charge in [-0.05, 0) is 48.0 Å². The number of fused-ring (bicyclic) bond motifs is 1. The van der Waals surface area contributed by atoms with E-state index in [1.54, 1.807) is 6.07 Å². The Morgan fingerprint density at radius 2 is 1.91 bits per heavy atom. The van der Waals surface area contributed by atoms with Crippen LogP contribution >= 0.6 is 0 Å². The first-order chi connectivity index (χ1) is 10.6. The number of esters is 1. The molecule has 2 rings (SSSR count). The van der Waals surface area contributed by atoms with Gasteiger partial charge in [0.15, 0.2) is 8.32 Å². The SMILES string of the molecule is COC(=O)c1ccc2ncc(CO[Si](C)(C)C(C)(C)C)cc2c1. The van der Waals surface area contributed by atoms with E-state index >= 15 is 0 Å². The molecule has 1 heterocycles. The second kappa shape index (κ2) is 6.41. The van der Waals surface area contributed by atoms with Crippen molar-refractivity contribution in [2.24, 2.45) is 0 Å². The highest BCUT2D eigenvalue weighted by atomic mass is 28.4. The Morgan fingerprint density at radius 1 is 1.22 bits per heavy atom. The van der Waals surface area contributed by atoms with E-state index in [1.807, 2.05) is 24.4 Å². The summed E-state index contributed by atoms with van der Waals surface area (Å²) in [4.78, 5) is 16.1.